The molecule has 3 aromatic carbocycles. The van der Waals surface area contributed by atoms with Gasteiger partial charge in [-0.25, -0.2) is 0 Å². The standard InChI is InChI=1S/C27H24N2O2/c1-19-18-28-17-16-24(19)20-12-14-23(15-13-20)27(31)29-25(21-8-4-2-5-9-21)26(30)22-10-6-3-7-11-22/h2-18,25-26,30H,1H3,(H,29,31). The molecule has 0 bridgehead atoms. The van der Waals surface area contributed by atoms with E-state index in [1.165, 1.54) is 0 Å². The van der Waals surface area contributed by atoms with E-state index in [2.05, 4.69) is 10.3 Å². The number of hydrogen-bond acceptors (Lipinski definition) is 3. The van der Waals surface area contributed by atoms with Gasteiger partial charge in [0.2, 0.25) is 0 Å². The van der Waals surface area contributed by atoms with Gasteiger partial charge in [-0.1, -0.05) is 72.8 Å². The van der Waals surface area contributed by atoms with Gasteiger partial charge in [0.05, 0.1) is 6.04 Å². The molecule has 0 aliphatic heterocycles. The van der Waals surface area contributed by atoms with E-state index in [1.54, 1.807) is 6.20 Å². The van der Waals surface area contributed by atoms with Crippen LogP contribution in [0.4, 0.5) is 0 Å². The van der Waals surface area contributed by atoms with Gasteiger partial charge in [0, 0.05) is 18.0 Å². The molecule has 4 aromatic rings. The Morgan fingerprint density at radius 3 is 2.06 bits per heavy atom. The summed E-state index contributed by atoms with van der Waals surface area (Å²) in [6, 6.07) is 27.8. The summed E-state index contributed by atoms with van der Waals surface area (Å²) in [5.41, 5.74) is 5.33. The zero-order valence-corrected chi connectivity index (χ0v) is 17.3. The molecule has 0 fully saturated rings. The molecule has 4 rings (SSSR count). The number of aromatic nitrogens is 1. The minimum absolute atomic E-state index is 0.234. The van der Waals surface area contributed by atoms with Crippen molar-refractivity contribution < 1.29 is 9.90 Å². The van der Waals surface area contributed by atoms with Gasteiger partial charge in [-0.3, -0.25) is 9.78 Å². The fourth-order valence-corrected chi connectivity index (χ4v) is 3.67. The van der Waals surface area contributed by atoms with Crippen molar-refractivity contribution in [1.82, 2.24) is 10.3 Å². The fourth-order valence-electron chi connectivity index (χ4n) is 3.67. The molecule has 1 aromatic heterocycles. The van der Waals surface area contributed by atoms with Crippen molar-refractivity contribution in [1.29, 1.82) is 0 Å². The minimum atomic E-state index is -0.869. The lowest BCUT2D eigenvalue weighted by Gasteiger charge is -2.25. The van der Waals surface area contributed by atoms with E-state index < -0.39 is 12.1 Å². The van der Waals surface area contributed by atoms with Crippen LogP contribution in [-0.2, 0) is 0 Å². The maximum Gasteiger partial charge on any atom is 0.251 e. The number of carbonyl (C=O) groups is 1. The van der Waals surface area contributed by atoms with E-state index in [-0.39, 0.29) is 5.91 Å². The molecular formula is C27H24N2O2. The van der Waals surface area contributed by atoms with Gasteiger partial charge in [-0.2, -0.15) is 0 Å². The SMILES string of the molecule is Cc1cnccc1-c1ccc(C(=O)NC(c2ccccc2)C(O)c2ccccc2)cc1. The molecule has 0 saturated carbocycles. The number of nitrogens with one attached hydrogen (secondary N) is 1. The summed E-state index contributed by atoms with van der Waals surface area (Å²) in [7, 11) is 0. The van der Waals surface area contributed by atoms with Crippen LogP contribution in [0.1, 0.15) is 39.2 Å². The molecule has 0 spiro atoms. The number of amides is 1. The van der Waals surface area contributed by atoms with Gasteiger partial charge < -0.3 is 10.4 Å². The molecule has 0 radical (unpaired) electrons. The smallest absolute Gasteiger partial charge is 0.251 e. The van der Waals surface area contributed by atoms with Gasteiger partial charge in [-0.05, 0) is 52.9 Å². The molecule has 154 valence electrons. The predicted molar refractivity (Wildman–Crippen MR) is 122 cm³/mol. The van der Waals surface area contributed by atoms with Gasteiger partial charge in [0.1, 0.15) is 6.10 Å². The molecule has 0 aliphatic carbocycles. The molecule has 4 nitrogen and oxygen atoms in total. The molecule has 4 heteroatoms. The van der Waals surface area contributed by atoms with Crippen LogP contribution in [-0.4, -0.2) is 16.0 Å². The molecule has 1 amide bonds. The zero-order chi connectivity index (χ0) is 21.6. The molecule has 2 unspecified atom stereocenters. The summed E-state index contributed by atoms with van der Waals surface area (Å²) in [5, 5.41) is 14.1. The second-order valence-corrected chi connectivity index (χ2v) is 7.49. The average molecular weight is 409 g/mol. The van der Waals surface area contributed by atoms with Crippen LogP contribution >= 0.6 is 0 Å². The number of aliphatic hydroxyl groups excluding tert-OH is 1. The number of aliphatic hydroxyl groups is 1. The van der Waals surface area contributed by atoms with E-state index in [0.29, 0.717) is 5.56 Å². The molecule has 2 N–H and O–H groups in total. The Morgan fingerprint density at radius 2 is 1.45 bits per heavy atom. The number of aryl methyl sites for hydroxylation is 1. The summed E-state index contributed by atoms with van der Waals surface area (Å²) in [4.78, 5) is 17.2. The van der Waals surface area contributed by atoms with Crippen LogP contribution < -0.4 is 5.32 Å². The summed E-state index contributed by atoms with van der Waals surface area (Å²) < 4.78 is 0. The maximum absolute atomic E-state index is 13.0. The second kappa shape index (κ2) is 9.37. The fraction of sp³-hybridized carbons (Fsp3) is 0.111. The van der Waals surface area contributed by atoms with Gasteiger partial charge in [0.15, 0.2) is 0 Å². The van der Waals surface area contributed by atoms with Gasteiger partial charge in [0.25, 0.3) is 5.91 Å². The molecule has 31 heavy (non-hydrogen) atoms. The van der Waals surface area contributed by atoms with E-state index in [9.17, 15) is 9.90 Å². The quantitative estimate of drug-likeness (QED) is 0.457. The van der Waals surface area contributed by atoms with Crippen LogP contribution in [0.3, 0.4) is 0 Å². The average Bonchev–Trinajstić information content (AvgIpc) is 2.83. The van der Waals surface area contributed by atoms with Crippen LogP contribution in [0.2, 0.25) is 0 Å². The maximum atomic E-state index is 13.0. The van der Waals surface area contributed by atoms with Crippen molar-refractivity contribution in [2.24, 2.45) is 0 Å². The normalized spacial score (nSPS) is 12.7. The van der Waals surface area contributed by atoms with Crippen molar-refractivity contribution in [2.45, 2.75) is 19.1 Å². The lowest BCUT2D eigenvalue weighted by atomic mass is 9.95. The largest absolute Gasteiger partial charge is 0.386 e. The highest BCUT2D eigenvalue weighted by Crippen LogP contribution is 2.29. The summed E-state index contributed by atoms with van der Waals surface area (Å²) in [5.74, 6) is -0.234. The summed E-state index contributed by atoms with van der Waals surface area (Å²) in [6.45, 7) is 2.01. The van der Waals surface area contributed by atoms with E-state index in [4.69, 9.17) is 0 Å². The van der Waals surface area contributed by atoms with Crippen LogP contribution in [0.15, 0.2) is 103 Å². The van der Waals surface area contributed by atoms with Gasteiger partial charge in [-0.15, -0.1) is 0 Å². The van der Waals surface area contributed by atoms with Crippen LogP contribution in [0.25, 0.3) is 11.1 Å². The third-order valence-corrected chi connectivity index (χ3v) is 5.38. The Hall–Kier alpha value is -3.76. The van der Waals surface area contributed by atoms with Crippen molar-refractivity contribution in [3.05, 3.63) is 126 Å². The van der Waals surface area contributed by atoms with Crippen molar-refractivity contribution in [2.75, 3.05) is 0 Å². The molecule has 0 aliphatic rings. The first-order valence-electron chi connectivity index (χ1n) is 10.2. The number of hydrogen-bond donors (Lipinski definition) is 2. The number of carbonyl (C=O) groups excluding carboxylic acids is 1. The Bertz CT molecular complexity index is 1140. The van der Waals surface area contributed by atoms with E-state index in [1.807, 2.05) is 104 Å². The topological polar surface area (TPSA) is 62.2 Å². The van der Waals surface area contributed by atoms with E-state index in [0.717, 1.165) is 27.8 Å². The zero-order valence-electron chi connectivity index (χ0n) is 17.3. The Labute approximate surface area is 182 Å². The summed E-state index contributed by atoms with van der Waals surface area (Å²) >= 11 is 0. The van der Waals surface area contributed by atoms with Crippen molar-refractivity contribution in [3.63, 3.8) is 0 Å². The van der Waals surface area contributed by atoms with Crippen LogP contribution in [0.5, 0.6) is 0 Å². The number of nitrogens with zero attached hydrogens (tertiary/aromatic N) is 1. The lowest BCUT2D eigenvalue weighted by molar-refractivity contribution is 0.0831. The summed E-state index contributed by atoms with van der Waals surface area (Å²) in [6.07, 6.45) is 2.72. The highest BCUT2D eigenvalue weighted by atomic mass is 16.3. The second-order valence-electron chi connectivity index (χ2n) is 7.49. The van der Waals surface area contributed by atoms with Crippen molar-refractivity contribution >= 4 is 5.91 Å². The van der Waals surface area contributed by atoms with Crippen molar-refractivity contribution in [3.8, 4) is 11.1 Å². The molecule has 2 atom stereocenters. The third kappa shape index (κ3) is 4.71. The highest BCUT2D eigenvalue weighted by Gasteiger charge is 2.25. The monoisotopic (exact) mass is 408 g/mol. The Morgan fingerprint density at radius 1 is 0.839 bits per heavy atom. The molecule has 1 heterocycles. The highest BCUT2D eigenvalue weighted by molar-refractivity contribution is 5.95. The lowest BCUT2D eigenvalue weighted by Crippen LogP contribution is -2.32. The molecule has 0 saturated heterocycles. The van der Waals surface area contributed by atoms with Gasteiger partial charge >= 0.3 is 0 Å². The third-order valence-electron chi connectivity index (χ3n) is 5.38. The number of rotatable bonds is 6. The number of pyridine rings is 1. The predicted octanol–water partition coefficient (Wildman–Crippen LogP) is 5.26. The Balaban J connectivity index is 1.58. The Kier molecular flexibility index (Phi) is 6.20. The van der Waals surface area contributed by atoms with Crippen LogP contribution in [0, 0.1) is 6.92 Å². The first kappa shape index (κ1) is 20.5. The first-order chi connectivity index (χ1) is 15.1. The first-order valence-corrected chi connectivity index (χ1v) is 10.2. The molecular weight excluding hydrogens is 384 g/mol. The minimum Gasteiger partial charge on any atom is -0.386 e. The van der Waals surface area contributed by atoms with E-state index >= 15 is 0 Å². The number of benzene rings is 3.